The normalized spacial score (nSPS) is 11.2. The Morgan fingerprint density at radius 2 is 2.25 bits per heavy atom. The molecule has 1 aromatic carbocycles. The van der Waals surface area contributed by atoms with E-state index in [-0.39, 0.29) is 22.0 Å². The van der Waals surface area contributed by atoms with Crippen LogP contribution in [0.15, 0.2) is 29.4 Å². The number of hydrogen-bond donors (Lipinski definition) is 2. The van der Waals surface area contributed by atoms with Gasteiger partial charge in [-0.25, -0.2) is 18.1 Å². The number of sulfonamides is 1. The third kappa shape index (κ3) is 3.33. The molecule has 2 N–H and O–H groups in total. The van der Waals surface area contributed by atoms with Crippen molar-refractivity contribution in [3.8, 4) is 6.07 Å². The maximum absolute atomic E-state index is 12.1. The number of nitrogens with one attached hydrogen (secondary N) is 2. The summed E-state index contributed by atoms with van der Waals surface area (Å²) in [5.41, 5.74) is 0.0431. The zero-order valence-corrected chi connectivity index (χ0v) is 11.7. The lowest BCUT2D eigenvalue weighted by atomic mass is 10.2. The molecule has 2 aromatic rings. The van der Waals surface area contributed by atoms with Crippen molar-refractivity contribution in [1.29, 1.82) is 5.26 Å². The monoisotopic (exact) mass is 311 g/mol. The van der Waals surface area contributed by atoms with Gasteiger partial charge in [0.2, 0.25) is 10.0 Å². The first-order valence-corrected chi connectivity index (χ1v) is 7.42. The largest absolute Gasteiger partial charge is 0.263 e. The Balaban J connectivity index is 2.14. The molecular formula is C11H10ClN5O2S. The van der Waals surface area contributed by atoms with Gasteiger partial charge in [-0.3, -0.25) is 5.10 Å². The maximum atomic E-state index is 12.1. The van der Waals surface area contributed by atoms with Gasteiger partial charge in [-0.2, -0.15) is 10.4 Å². The quantitative estimate of drug-likeness (QED) is 0.850. The fourth-order valence-electron chi connectivity index (χ4n) is 1.54. The van der Waals surface area contributed by atoms with Crippen molar-refractivity contribution in [3.63, 3.8) is 0 Å². The fraction of sp³-hybridized carbons (Fsp3) is 0.182. The second-order valence-electron chi connectivity index (χ2n) is 3.83. The average Bonchev–Trinajstić information content (AvgIpc) is 2.91. The Bertz CT molecular complexity index is 737. The van der Waals surface area contributed by atoms with Crippen molar-refractivity contribution in [2.75, 3.05) is 6.54 Å². The molecule has 0 atom stereocenters. The zero-order chi connectivity index (χ0) is 14.6. The van der Waals surface area contributed by atoms with E-state index in [2.05, 4.69) is 19.9 Å². The van der Waals surface area contributed by atoms with Gasteiger partial charge in [0.1, 0.15) is 23.1 Å². The molecule has 0 radical (unpaired) electrons. The molecule has 0 bridgehead atoms. The molecule has 0 amide bonds. The number of nitrogens with zero attached hydrogens (tertiary/aromatic N) is 3. The molecule has 7 nitrogen and oxygen atoms in total. The number of benzene rings is 1. The smallest absolute Gasteiger partial charge is 0.241 e. The number of halogens is 1. The van der Waals surface area contributed by atoms with E-state index in [1.807, 2.05) is 6.07 Å². The Labute approximate surface area is 120 Å². The summed E-state index contributed by atoms with van der Waals surface area (Å²) in [5.74, 6) is 0.569. The van der Waals surface area contributed by atoms with Crippen molar-refractivity contribution < 1.29 is 8.42 Å². The van der Waals surface area contributed by atoms with Gasteiger partial charge in [0.25, 0.3) is 0 Å². The Morgan fingerprint density at radius 1 is 1.45 bits per heavy atom. The molecule has 0 aliphatic rings. The minimum Gasteiger partial charge on any atom is -0.263 e. The van der Waals surface area contributed by atoms with E-state index >= 15 is 0 Å². The van der Waals surface area contributed by atoms with E-state index in [0.29, 0.717) is 12.2 Å². The molecule has 1 heterocycles. The number of hydrogen-bond acceptors (Lipinski definition) is 5. The third-order valence-corrected chi connectivity index (χ3v) is 4.21. The summed E-state index contributed by atoms with van der Waals surface area (Å²) in [5, 5.41) is 15.5. The summed E-state index contributed by atoms with van der Waals surface area (Å²) in [6.07, 6.45) is 1.70. The van der Waals surface area contributed by atoms with E-state index in [4.69, 9.17) is 16.9 Å². The average molecular weight is 312 g/mol. The van der Waals surface area contributed by atoms with E-state index in [1.54, 1.807) is 0 Å². The van der Waals surface area contributed by atoms with Crippen molar-refractivity contribution in [2.24, 2.45) is 0 Å². The summed E-state index contributed by atoms with van der Waals surface area (Å²) < 4.78 is 26.6. The van der Waals surface area contributed by atoms with E-state index in [0.717, 1.165) is 0 Å². The molecule has 2 rings (SSSR count). The molecule has 1 aromatic heterocycles. The molecule has 9 heteroatoms. The van der Waals surface area contributed by atoms with Crippen LogP contribution in [0.1, 0.15) is 11.4 Å². The van der Waals surface area contributed by atoms with Gasteiger partial charge >= 0.3 is 0 Å². The number of aromatic amines is 1. The van der Waals surface area contributed by atoms with Gasteiger partial charge in [0.05, 0.1) is 5.56 Å². The number of aromatic nitrogens is 3. The molecule has 0 aliphatic carbocycles. The Kier molecular flexibility index (Phi) is 4.34. The maximum Gasteiger partial charge on any atom is 0.241 e. The topological polar surface area (TPSA) is 112 Å². The summed E-state index contributed by atoms with van der Waals surface area (Å²) in [4.78, 5) is 3.75. The highest BCUT2D eigenvalue weighted by Crippen LogP contribution is 2.20. The molecule has 0 fully saturated rings. The molecule has 0 unspecified atom stereocenters. The second kappa shape index (κ2) is 6.00. The number of H-pyrrole nitrogens is 1. The molecule has 0 spiro atoms. The van der Waals surface area contributed by atoms with Gasteiger partial charge in [-0.15, -0.1) is 0 Å². The predicted molar refractivity (Wildman–Crippen MR) is 71.4 cm³/mol. The van der Waals surface area contributed by atoms with Crippen LogP contribution in [0.3, 0.4) is 0 Å². The molecule has 20 heavy (non-hydrogen) atoms. The van der Waals surface area contributed by atoms with Crippen LogP contribution < -0.4 is 4.72 Å². The number of rotatable bonds is 5. The first kappa shape index (κ1) is 14.5. The highest BCUT2D eigenvalue weighted by molar-refractivity contribution is 7.89. The van der Waals surface area contributed by atoms with Crippen LogP contribution >= 0.6 is 11.6 Å². The summed E-state index contributed by atoms with van der Waals surface area (Å²) >= 11 is 5.77. The van der Waals surface area contributed by atoms with Crippen molar-refractivity contribution in [1.82, 2.24) is 19.9 Å². The van der Waals surface area contributed by atoms with E-state index in [1.165, 1.54) is 24.5 Å². The molecule has 0 saturated heterocycles. The fourth-order valence-corrected chi connectivity index (χ4v) is 2.99. The third-order valence-electron chi connectivity index (χ3n) is 2.47. The van der Waals surface area contributed by atoms with Gasteiger partial charge < -0.3 is 0 Å². The van der Waals surface area contributed by atoms with Gasteiger partial charge in [-0.1, -0.05) is 11.6 Å². The van der Waals surface area contributed by atoms with Crippen molar-refractivity contribution in [2.45, 2.75) is 11.3 Å². The van der Waals surface area contributed by atoms with E-state index < -0.39 is 10.0 Å². The van der Waals surface area contributed by atoms with Crippen molar-refractivity contribution in [3.05, 3.63) is 40.9 Å². The summed E-state index contributed by atoms with van der Waals surface area (Å²) in [7, 11) is -3.80. The van der Waals surface area contributed by atoms with Crippen LogP contribution in [-0.4, -0.2) is 30.1 Å². The SMILES string of the molecule is N#Cc1ccc(Cl)cc1S(=O)(=O)NCCc1ncn[nH]1. The second-order valence-corrected chi connectivity index (χ2v) is 6.00. The lowest BCUT2D eigenvalue weighted by Gasteiger charge is -2.07. The summed E-state index contributed by atoms with van der Waals surface area (Å²) in [6.45, 7) is 0.134. The lowest BCUT2D eigenvalue weighted by Crippen LogP contribution is -2.27. The van der Waals surface area contributed by atoms with Crippen molar-refractivity contribution >= 4 is 21.6 Å². The predicted octanol–water partition coefficient (Wildman–Crippen LogP) is 0.851. The lowest BCUT2D eigenvalue weighted by molar-refractivity contribution is 0.580. The Hall–Kier alpha value is -1.95. The van der Waals surface area contributed by atoms with Gasteiger partial charge in [0.15, 0.2) is 0 Å². The number of nitriles is 1. The van der Waals surface area contributed by atoms with Gasteiger partial charge in [-0.05, 0) is 18.2 Å². The molecule has 104 valence electrons. The highest BCUT2D eigenvalue weighted by Gasteiger charge is 2.18. The van der Waals surface area contributed by atoms with Crippen LogP contribution in [0.25, 0.3) is 0 Å². The highest BCUT2D eigenvalue weighted by atomic mass is 35.5. The van der Waals surface area contributed by atoms with Crippen LogP contribution in [0, 0.1) is 11.3 Å². The van der Waals surface area contributed by atoms with Crippen LogP contribution in [-0.2, 0) is 16.4 Å². The molecular weight excluding hydrogens is 302 g/mol. The van der Waals surface area contributed by atoms with Gasteiger partial charge in [0, 0.05) is 18.0 Å². The molecule has 0 saturated carbocycles. The first-order chi connectivity index (χ1) is 9.53. The summed E-state index contributed by atoms with van der Waals surface area (Å²) in [6, 6.07) is 5.91. The standard InChI is InChI=1S/C11H10ClN5O2S/c12-9-2-1-8(6-13)10(5-9)20(18,19)16-4-3-11-14-7-15-17-11/h1-2,5,7,16H,3-4H2,(H,14,15,17). The Morgan fingerprint density at radius 3 is 2.90 bits per heavy atom. The van der Waals surface area contributed by atoms with E-state index in [9.17, 15) is 8.42 Å². The van der Waals surface area contributed by atoms with Crippen LogP contribution in [0.5, 0.6) is 0 Å². The molecule has 0 aliphatic heterocycles. The minimum absolute atomic E-state index is 0.0431. The van der Waals surface area contributed by atoms with Crippen LogP contribution in [0.4, 0.5) is 0 Å². The first-order valence-electron chi connectivity index (χ1n) is 5.56. The minimum atomic E-state index is -3.80. The van der Waals surface area contributed by atoms with Crippen LogP contribution in [0.2, 0.25) is 5.02 Å². The zero-order valence-electron chi connectivity index (χ0n) is 10.2.